The number of carbonyl (C=O) groups is 2. The second kappa shape index (κ2) is 13.0. The molecule has 2 aliphatic rings. The number of hydrogen-bond acceptors (Lipinski definition) is 7. The van der Waals surface area contributed by atoms with Gasteiger partial charge in [0.25, 0.3) is 0 Å². The van der Waals surface area contributed by atoms with Crippen LogP contribution < -0.4 is 9.50 Å². The van der Waals surface area contributed by atoms with Gasteiger partial charge in [-0.2, -0.15) is 21.6 Å². The molecule has 4 rings (SSSR count). The van der Waals surface area contributed by atoms with Crippen molar-refractivity contribution >= 4 is 45.5 Å². The van der Waals surface area contributed by atoms with Gasteiger partial charge in [0.05, 0.1) is 0 Å². The number of hydrogen-bond donors (Lipinski definition) is 3. The quantitative estimate of drug-likeness (QED) is 0.232. The predicted octanol–water partition coefficient (Wildman–Crippen LogP) is 6.85. The summed E-state index contributed by atoms with van der Waals surface area (Å²) < 4.78 is 69.6. The molecule has 2 aliphatic carbocycles. The molecule has 0 radical (unpaired) electrons. The fourth-order valence-electron chi connectivity index (χ4n) is 5.31. The topological polar surface area (TPSA) is 142 Å². The zero-order valence-electron chi connectivity index (χ0n) is 25.4. The molecule has 0 aliphatic heterocycles. The van der Waals surface area contributed by atoms with Gasteiger partial charge in [0, 0.05) is 39.3 Å². The zero-order chi connectivity index (χ0) is 34.3. The number of rotatable bonds is 4. The van der Waals surface area contributed by atoms with E-state index in [4.69, 9.17) is 27.9 Å². The highest BCUT2D eigenvalue weighted by atomic mass is 35.5. The third-order valence-corrected chi connectivity index (χ3v) is 8.26. The molecule has 0 saturated carbocycles. The van der Waals surface area contributed by atoms with Crippen molar-refractivity contribution < 1.29 is 50.3 Å². The largest absolute Gasteiger partial charge is 0.534 e. The molecular weight excluding hydrogens is 664 g/mol. The summed E-state index contributed by atoms with van der Waals surface area (Å²) in [6, 6.07) is 5.15. The first-order chi connectivity index (χ1) is 20.4. The molecule has 2 aromatic rings. The van der Waals surface area contributed by atoms with Crippen molar-refractivity contribution in [2.45, 2.75) is 96.0 Å². The van der Waals surface area contributed by atoms with Crippen LogP contribution in [0.2, 0.25) is 10.0 Å². The number of halogens is 5. The van der Waals surface area contributed by atoms with Gasteiger partial charge in [-0.3, -0.25) is 4.90 Å². The lowest BCUT2D eigenvalue weighted by Crippen LogP contribution is -2.51. The second-order valence-electron chi connectivity index (χ2n) is 12.7. The molecule has 250 valence electrons. The smallest absolute Gasteiger partial charge is 0.508 e. The summed E-state index contributed by atoms with van der Waals surface area (Å²) in [4.78, 5) is 24.8. The second-order valence-corrected chi connectivity index (χ2v) is 15.1. The van der Waals surface area contributed by atoms with Crippen molar-refractivity contribution in [2.24, 2.45) is 0 Å². The molecule has 45 heavy (non-hydrogen) atoms. The number of amides is 2. The Labute approximate surface area is 269 Å². The Morgan fingerprint density at radius 3 is 1.98 bits per heavy atom. The summed E-state index contributed by atoms with van der Waals surface area (Å²) in [5, 5.41) is 22.4. The number of nitrogens with zero attached hydrogens (tertiary/aromatic N) is 1. The average Bonchev–Trinajstić information content (AvgIpc) is 3.39. The number of carbonyl (C=O) groups excluding carboxylic acids is 1. The molecule has 2 aromatic carbocycles. The van der Waals surface area contributed by atoms with Gasteiger partial charge >= 0.3 is 27.8 Å². The maximum Gasteiger partial charge on any atom is 0.534 e. The van der Waals surface area contributed by atoms with E-state index in [9.17, 15) is 41.4 Å². The van der Waals surface area contributed by atoms with E-state index in [1.54, 1.807) is 26.8 Å². The Morgan fingerprint density at radius 1 is 0.911 bits per heavy atom. The monoisotopic (exact) mass is 698 g/mol. The molecule has 0 aromatic heterocycles. The van der Waals surface area contributed by atoms with E-state index in [1.165, 1.54) is 17.0 Å². The van der Waals surface area contributed by atoms with Crippen LogP contribution in [-0.2, 0) is 40.5 Å². The van der Waals surface area contributed by atoms with Crippen molar-refractivity contribution in [2.75, 3.05) is 0 Å². The summed E-state index contributed by atoms with van der Waals surface area (Å²) in [5.74, 6) is -0.345. The predicted molar refractivity (Wildman–Crippen MR) is 162 cm³/mol. The standard InChI is InChI=1S/C15H17ClF3NO5S.C14H18ClNO3/c1-14(2,3)24-13(21)20-10-5-8-4-9(16)6-12(11(8)7-10)25-26(22,23)15(17,18)19;1-14(2,3)16(13(18)19)10-5-8-4-9(15)6-12(17)11(8)7-10/h4,6,10H,5,7H2,1-3H3,(H,20,21);4,6,10,17H,5,7H2,1-3H3,(H,18,19). The molecule has 2 atom stereocenters. The van der Waals surface area contributed by atoms with Crippen LogP contribution in [0.4, 0.5) is 22.8 Å². The van der Waals surface area contributed by atoms with Gasteiger partial charge < -0.3 is 24.4 Å². The minimum absolute atomic E-state index is 0.0223. The summed E-state index contributed by atoms with van der Waals surface area (Å²) in [6.45, 7) is 10.7. The number of aromatic hydroxyl groups is 1. The Morgan fingerprint density at radius 2 is 1.47 bits per heavy atom. The number of alkyl halides is 3. The van der Waals surface area contributed by atoms with Crippen LogP contribution in [0.15, 0.2) is 24.3 Å². The van der Waals surface area contributed by atoms with Gasteiger partial charge in [-0.05, 0) is 102 Å². The van der Waals surface area contributed by atoms with Crippen LogP contribution in [0, 0.1) is 0 Å². The maximum absolute atomic E-state index is 12.6. The van der Waals surface area contributed by atoms with E-state index in [1.807, 2.05) is 20.8 Å². The fourth-order valence-corrected chi connectivity index (χ4v) is 6.26. The van der Waals surface area contributed by atoms with Crippen LogP contribution in [0.1, 0.15) is 63.8 Å². The van der Waals surface area contributed by atoms with Crippen LogP contribution >= 0.6 is 23.2 Å². The molecule has 0 heterocycles. The van der Waals surface area contributed by atoms with Crippen molar-refractivity contribution in [1.29, 1.82) is 0 Å². The lowest BCUT2D eigenvalue weighted by molar-refractivity contribution is -0.0500. The first kappa shape index (κ1) is 36.4. The van der Waals surface area contributed by atoms with E-state index in [-0.39, 0.29) is 35.2 Å². The van der Waals surface area contributed by atoms with Crippen molar-refractivity contribution in [3.05, 3.63) is 56.6 Å². The number of phenolic OH excluding ortho intramolecular Hbond substituents is 1. The maximum atomic E-state index is 12.6. The number of alkyl carbamates (subject to hydrolysis) is 1. The third-order valence-electron chi connectivity index (χ3n) is 6.86. The van der Waals surface area contributed by atoms with Gasteiger partial charge in [0.1, 0.15) is 17.1 Å². The fraction of sp³-hybridized carbons (Fsp3) is 0.517. The minimum atomic E-state index is -5.82. The van der Waals surface area contributed by atoms with E-state index in [0.29, 0.717) is 23.4 Å². The van der Waals surface area contributed by atoms with Gasteiger partial charge in [-0.15, -0.1) is 0 Å². The Kier molecular flexibility index (Phi) is 10.5. The van der Waals surface area contributed by atoms with E-state index in [0.717, 1.165) is 17.2 Å². The highest BCUT2D eigenvalue weighted by Gasteiger charge is 2.49. The SMILES string of the molecule is CC(C)(C)N(C(=O)O)C1Cc2cc(Cl)cc(O)c2C1.CC(C)(C)OC(=O)NC1Cc2cc(Cl)cc(OS(=O)(=O)C(F)(F)F)c2C1. The zero-order valence-corrected chi connectivity index (χ0v) is 27.7. The number of fused-ring (bicyclic) bond motifs is 2. The van der Waals surface area contributed by atoms with E-state index >= 15 is 0 Å². The lowest BCUT2D eigenvalue weighted by Gasteiger charge is -2.38. The highest BCUT2D eigenvalue weighted by Crippen LogP contribution is 2.38. The van der Waals surface area contributed by atoms with Crippen LogP contribution in [0.3, 0.4) is 0 Å². The molecule has 3 N–H and O–H groups in total. The number of phenols is 1. The molecule has 0 bridgehead atoms. The number of benzene rings is 2. The normalized spacial score (nSPS) is 17.8. The van der Waals surface area contributed by atoms with Crippen LogP contribution in [-0.4, -0.2) is 64.4 Å². The molecule has 2 unspecified atom stereocenters. The molecule has 2 amide bonds. The van der Waals surface area contributed by atoms with Gasteiger partial charge in [0.2, 0.25) is 0 Å². The Hall–Kier alpha value is -3.10. The summed E-state index contributed by atoms with van der Waals surface area (Å²) >= 11 is 11.8. The van der Waals surface area contributed by atoms with Crippen molar-refractivity contribution in [3.63, 3.8) is 0 Å². The molecule has 16 heteroatoms. The van der Waals surface area contributed by atoms with Gasteiger partial charge in [-0.1, -0.05) is 23.2 Å². The first-order valence-corrected chi connectivity index (χ1v) is 15.9. The molecule has 0 fully saturated rings. The van der Waals surface area contributed by atoms with E-state index in [2.05, 4.69) is 9.50 Å². The third kappa shape index (κ3) is 9.23. The number of ether oxygens (including phenoxy) is 1. The average molecular weight is 700 g/mol. The number of carboxylic acid groups (broad SMARTS) is 1. The number of nitrogens with one attached hydrogen (secondary N) is 1. The van der Waals surface area contributed by atoms with Crippen LogP contribution in [0.25, 0.3) is 0 Å². The van der Waals surface area contributed by atoms with Crippen molar-refractivity contribution in [3.8, 4) is 11.5 Å². The van der Waals surface area contributed by atoms with Gasteiger partial charge in [-0.25, -0.2) is 9.59 Å². The first-order valence-electron chi connectivity index (χ1n) is 13.7. The molecule has 0 spiro atoms. The van der Waals surface area contributed by atoms with E-state index < -0.39 is 50.7 Å². The molecule has 10 nitrogen and oxygen atoms in total. The summed E-state index contributed by atoms with van der Waals surface area (Å²) in [7, 11) is -5.82. The lowest BCUT2D eigenvalue weighted by atomic mass is 10.0. The van der Waals surface area contributed by atoms with Crippen molar-refractivity contribution in [1.82, 2.24) is 10.2 Å². The summed E-state index contributed by atoms with van der Waals surface area (Å²) in [6.07, 6.45) is -0.177. The Balaban J connectivity index is 0.000000257. The summed E-state index contributed by atoms with van der Waals surface area (Å²) in [5.41, 5.74) is -4.27. The molecule has 0 saturated heterocycles. The highest BCUT2D eigenvalue weighted by molar-refractivity contribution is 7.88. The minimum Gasteiger partial charge on any atom is -0.508 e. The van der Waals surface area contributed by atoms with Crippen LogP contribution in [0.5, 0.6) is 11.5 Å². The Bertz CT molecular complexity index is 1570. The van der Waals surface area contributed by atoms with Gasteiger partial charge in [0.15, 0.2) is 0 Å². The molecular formula is C29H35Cl2F3N2O8S.